The zero-order valence-electron chi connectivity index (χ0n) is 17.2. The first-order valence-corrected chi connectivity index (χ1v) is 11.3. The van der Waals surface area contributed by atoms with Crippen molar-refractivity contribution < 1.29 is 17.9 Å². The van der Waals surface area contributed by atoms with Crippen molar-refractivity contribution in [3.05, 3.63) is 108 Å². The number of carbonyl (C=O) groups is 1. The van der Waals surface area contributed by atoms with Crippen molar-refractivity contribution in [3.8, 4) is 5.75 Å². The van der Waals surface area contributed by atoms with E-state index in [1.165, 1.54) is 18.3 Å². The van der Waals surface area contributed by atoms with Crippen LogP contribution in [0.1, 0.15) is 21.5 Å². The predicted molar refractivity (Wildman–Crippen MR) is 124 cm³/mol. The normalized spacial score (nSPS) is 11.5. The Labute approximate surface area is 186 Å². The van der Waals surface area contributed by atoms with Crippen molar-refractivity contribution in [2.45, 2.75) is 11.8 Å². The van der Waals surface area contributed by atoms with Crippen molar-refractivity contribution in [2.24, 2.45) is 5.10 Å². The molecule has 0 atom stereocenters. The van der Waals surface area contributed by atoms with Crippen molar-refractivity contribution >= 4 is 33.0 Å². The van der Waals surface area contributed by atoms with Gasteiger partial charge in [-0.25, -0.2) is 9.63 Å². The number of ether oxygens (including phenoxy) is 1. The molecule has 4 rings (SSSR count). The van der Waals surface area contributed by atoms with Crippen LogP contribution in [-0.2, 0) is 10.0 Å². The van der Waals surface area contributed by atoms with Gasteiger partial charge in [0.1, 0.15) is 5.75 Å². The maximum absolute atomic E-state index is 12.6. The molecule has 0 amide bonds. The van der Waals surface area contributed by atoms with E-state index in [2.05, 4.69) is 9.93 Å². The Bertz CT molecular complexity index is 1390. The summed E-state index contributed by atoms with van der Waals surface area (Å²) < 4.78 is 30.0. The maximum Gasteiger partial charge on any atom is 0.344 e. The van der Waals surface area contributed by atoms with Gasteiger partial charge >= 0.3 is 5.97 Å². The quantitative estimate of drug-likeness (QED) is 0.203. The number of hydrogen-bond donors (Lipinski definition) is 1. The number of aryl methyl sites for hydroxylation is 1. The van der Waals surface area contributed by atoms with Gasteiger partial charge < -0.3 is 4.74 Å². The van der Waals surface area contributed by atoms with Crippen molar-refractivity contribution in [1.29, 1.82) is 0 Å². The molecule has 0 heterocycles. The van der Waals surface area contributed by atoms with Crippen molar-refractivity contribution in [2.75, 3.05) is 0 Å². The number of benzene rings is 4. The third-order valence-corrected chi connectivity index (χ3v) is 6.06. The lowest BCUT2D eigenvalue weighted by molar-refractivity contribution is 0.0737. The number of nitrogens with one attached hydrogen (secondary N) is 1. The second-order valence-electron chi connectivity index (χ2n) is 7.15. The lowest BCUT2D eigenvalue weighted by Crippen LogP contribution is -2.18. The van der Waals surface area contributed by atoms with Gasteiger partial charge in [0.05, 0.1) is 16.7 Å². The molecule has 0 fully saturated rings. The summed E-state index contributed by atoms with van der Waals surface area (Å²) in [5, 5.41) is 5.60. The Balaban J connectivity index is 1.42. The Morgan fingerprint density at radius 1 is 0.875 bits per heavy atom. The molecule has 6 nitrogen and oxygen atoms in total. The zero-order chi connectivity index (χ0) is 22.6. The molecule has 7 heteroatoms. The van der Waals surface area contributed by atoms with E-state index in [0.717, 1.165) is 16.3 Å². The number of hydrazone groups is 1. The van der Waals surface area contributed by atoms with E-state index in [1.807, 2.05) is 43.3 Å². The van der Waals surface area contributed by atoms with E-state index in [1.54, 1.807) is 42.5 Å². The SMILES string of the molecule is Cc1ccc(S(=O)(=O)N/N=C/c2ccc(OC(=O)c3cccc4ccccc34)cc2)cc1. The van der Waals surface area contributed by atoms with Crippen LogP contribution in [0.2, 0.25) is 0 Å². The minimum Gasteiger partial charge on any atom is -0.423 e. The van der Waals surface area contributed by atoms with E-state index in [9.17, 15) is 13.2 Å². The topological polar surface area (TPSA) is 84.8 Å². The van der Waals surface area contributed by atoms with Crippen molar-refractivity contribution in [1.82, 2.24) is 4.83 Å². The van der Waals surface area contributed by atoms with Crippen LogP contribution in [-0.4, -0.2) is 20.6 Å². The summed E-state index contributed by atoms with van der Waals surface area (Å²) in [5.74, 6) is -0.0746. The van der Waals surface area contributed by atoms with Gasteiger partial charge in [-0.05, 0) is 65.7 Å². The Morgan fingerprint density at radius 3 is 2.31 bits per heavy atom. The highest BCUT2D eigenvalue weighted by Gasteiger charge is 2.13. The van der Waals surface area contributed by atoms with Crippen LogP contribution in [0.3, 0.4) is 0 Å². The lowest BCUT2D eigenvalue weighted by atomic mass is 10.0. The average Bonchev–Trinajstić information content (AvgIpc) is 2.80. The minimum atomic E-state index is -3.74. The fourth-order valence-corrected chi connectivity index (χ4v) is 3.92. The molecule has 0 saturated carbocycles. The second kappa shape index (κ2) is 9.03. The monoisotopic (exact) mass is 444 g/mol. The van der Waals surface area contributed by atoms with E-state index < -0.39 is 16.0 Å². The summed E-state index contributed by atoms with van der Waals surface area (Å²) in [7, 11) is -3.74. The summed E-state index contributed by atoms with van der Waals surface area (Å²) in [4.78, 5) is 14.9. The number of rotatable bonds is 6. The van der Waals surface area contributed by atoms with Gasteiger partial charge in [0.15, 0.2) is 0 Å². The van der Waals surface area contributed by atoms with E-state index in [-0.39, 0.29) is 4.90 Å². The van der Waals surface area contributed by atoms with Crippen LogP contribution < -0.4 is 9.57 Å². The van der Waals surface area contributed by atoms with Crippen LogP contribution in [0.15, 0.2) is 101 Å². The Kier molecular flexibility index (Phi) is 6.00. The molecular weight excluding hydrogens is 424 g/mol. The Hall–Kier alpha value is -3.97. The predicted octanol–water partition coefficient (Wildman–Crippen LogP) is 4.68. The molecule has 0 aliphatic carbocycles. The molecule has 0 aliphatic rings. The number of esters is 1. The highest BCUT2D eigenvalue weighted by Crippen LogP contribution is 2.21. The van der Waals surface area contributed by atoms with E-state index in [4.69, 9.17) is 4.74 Å². The molecular formula is C25H20N2O4S. The summed E-state index contributed by atoms with van der Waals surface area (Å²) in [6.45, 7) is 1.88. The molecule has 0 aliphatic heterocycles. The van der Waals surface area contributed by atoms with Gasteiger partial charge in [-0.2, -0.15) is 13.5 Å². The lowest BCUT2D eigenvalue weighted by Gasteiger charge is -2.07. The molecule has 4 aromatic carbocycles. The largest absolute Gasteiger partial charge is 0.423 e. The first-order valence-electron chi connectivity index (χ1n) is 9.84. The van der Waals surface area contributed by atoms with Gasteiger partial charge in [0.2, 0.25) is 0 Å². The average molecular weight is 445 g/mol. The first kappa shape index (κ1) is 21.3. The highest BCUT2D eigenvalue weighted by molar-refractivity contribution is 7.89. The second-order valence-corrected chi connectivity index (χ2v) is 8.81. The minimum absolute atomic E-state index is 0.135. The van der Waals surface area contributed by atoms with Gasteiger partial charge in [-0.1, -0.05) is 54.1 Å². The standard InChI is InChI=1S/C25H20N2O4S/c1-18-9-15-22(16-10-18)32(29,30)27-26-17-19-11-13-21(14-12-19)31-25(28)24-8-4-6-20-5-2-3-7-23(20)24/h2-17,27H,1H3/b26-17+. The van der Waals surface area contributed by atoms with Crippen LogP contribution >= 0.6 is 0 Å². The fraction of sp³-hybridized carbons (Fsp3) is 0.0400. The first-order chi connectivity index (χ1) is 15.4. The van der Waals surface area contributed by atoms with Gasteiger partial charge in [-0.15, -0.1) is 0 Å². The molecule has 4 aromatic rings. The summed E-state index contributed by atoms with van der Waals surface area (Å²) >= 11 is 0. The molecule has 1 N–H and O–H groups in total. The molecule has 160 valence electrons. The van der Waals surface area contributed by atoms with Crippen molar-refractivity contribution in [3.63, 3.8) is 0 Å². The third-order valence-electron chi connectivity index (χ3n) is 4.82. The van der Waals surface area contributed by atoms with Crippen LogP contribution in [0.4, 0.5) is 0 Å². The molecule has 0 spiro atoms. The molecule has 0 bridgehead atoms. The fourth-order valence-electron chi connectivity index (χ4n) is 3.13. The van der Waals surface area contributed by atoms with Crippen LogP contribution in [0.5, 0.6) is 5.75 Å². The molecule has 0 aromatic heterocycles. The molecule has 0 radical (unpaired) electrons. The maximum atomic E-state index is 12.6. The Morgan fingerprint density at radius 2 is 1.56 bits per heavy atom. The number of nitrogens with zero attached hydrogens (tertiary/aromatic N) is 1. The van der Waals surface area contributed by atoms with Gasteiger partial charge in [-0.3, -0.25) is 0 Å². The number of sulfonamides is 1. The smallest absolute Gasteiger partial charge is 0.344 e. The van der Waals surface area contributed by atoms with E-state index >= 15 is 0 Å². The van der Waals surface area contributed by atoms with Gasteiger partial charge in [0.25, 0.3) is 10.0 Å². The molecule has 0 saturated heterocycles. The third kappa shape index (κ3) is 4.84. The zero-order valence-corrected chi connectivity index (χ0v) is 18.0. The number of fused-ring (bicyclic) bond motifs is 1. The van der Waals surface area contributed by atoms with Crippen LogP contribution in [0.25, 0.3) is 10.8 Å². The molecule has 32 heavy (non-hydrogen) atoms. The molecule has 0 unspecified atom stereocenters. The highest BCUT2D eigenvalue weighted by atomic mass is 32.2. The summed E-state index contributed by atoms with van der Waals surface area (Å²) in [6.07, 6.45) is 1.38. The van der Waals surface area contributed by atoms with E-state index in [0.29, 0.717) is 16.9 Å². The number of hydrogen-bond acceptors (Lipinski definition) is 5. The van der Waals surface area contributed by atoms with Crippen LogP contribution in [0, 0.1) is 6.92 Å². The number of carbonyl (C=O) groups excluding carboxylic acids is 1. The van der Waals surface area contributed by atoms with Gasteiger partial charge in [0, 0.05) is 0 Å². The summed E-state index contributed by atoms with van der Waals surface area (Å²) in [6, 6.07) is 26.2. The summed E-state index contributed by atoms with van der Waals surface area (Å²) in [5.41, 5.74) is 2.09.